The molecular formula is C17H22N4O. The molecule has 0 aliphatic carbocycles. The summed E-state index contributed by atoms with van der Waals surface area (Å²) in [5, 5.41) is 6.09. The van der Waals surface area contributed by atoms with Gasteiger partial charge in [0.05, 0.1) is 12.4 Å². The van der Waals surface area contributed by atoms with Gasteiger partial charge in [0.15, 0.2) is 0 Å². The molecule has 0 bridgehead atoms. The van der Waals surface area contributed by atoms with Gasteiger partial charge in [0.25, 0.3) is 5.91 Å². The molecule has 116 valence electrons. The summed E-state index contributed by atoms with van der Waals surface area (Å²) in [5.74, 6) is 0.397. The lowest BCUT2D eigenvalue weighted by Crippen LogP contribution is -2.40. The van der Waals surface area contributed by atoms with E-state index in [9.17, 15) is 4.79 Å². The zero-order valence-corrected chi connectivity index (χ0v) is 13.5. The van der Waals surface area contributed by atoms with Gasteiger partial charge in [-0.15, -0.1) is 0 Å². The number of hydrogen-bond donors (Lipinski definition) is 2. The predicted molar refractivity (Wildman–Crippen MR) is 88.4 cm³/mol. The smallest absolute Gasteiger partial charge is 0.271 e. The van der Waals surface area contributed by atoms with E-state index in [4.69, 9.17) is 0 Å². The molecule has 0 saturated heterocycles. The monoisotopic (exact) mass is 298 g/mol. The van der Waals surface area contributed by atoms with Crippen LogP contribution in [0.4, 0.5) is 11.5 Å². The maximum atomic E-state index is 12.0. The number of nitrogens with zero attached hydrogens (tertiary/aromatic N) is 2. The van der Waals surface area contributed by atoms with Crippen molar-refractivity contribution in [3.8, 4) is 0 Å². The molecule has 1 amide bonds. The molecule has 5 nitrogen and oxygen atoms in total. The topological polar surface area (TPSA) is 66.9 Å². The molecule has 1 aromatic heterocycles. The molecule has 0 saturated carbocycles. The zero-order chi connectivity index (χ0) is 16.2. The van der Waals surface area contributed by atoms with E-state index in [2.05, 4.69) is 33.6 Å². The van der Waals surface area contributed by atoms with Gasteiger partial charge in [-0.3, -0.25) is 4.79 Å². The molecule has 0 atom stereocenters. The van der Waals surface area contributed by atoms with Gasteiger partial charge in [-0.05, 0) is 38.8 Å². The van der Waals surface area contributed by atoms with Gasteiger partial charge in [-0.2, -0.15) is 0 Å². The predicted octanol–water partition coefficient (Wildman–Crippen LogP) is 3.31. The first-order valence-corrected chi connectivity index (χ1v) is 7.38. The molecule has 0 unspecified atom stereocenters. The Kier molecular flexibility index (Phi) is 4.75. The van der Waals surface area contributed by atoms with Gasteiger partial charge in [-0.25, -0.2) is 9.97 Å². The average molecular weight is 298 g/mol. The number of aryl methyl sites for hydroxylation is 1. The minimum absolute atomic E-state index is 0.222. The van der Waals surface area contributed by atoms with Crippen LogP contribution in [-0.4, -0.2) is 21.4 Å². The number of benzene rings is 1. The second-order valence-electron chi connectivity index (χ2n) is 6.13. The van der Waals surface area contributed by atoms with Crippen LogP contribution < -0.4 is 10.6 Å². The van der Waals surface area contributed by atoms with Crippen LogP contribution in [0.5, 0.6) is 0 Å². The Morgan fingerprint density at radius 2 is 1.86 bits per heavy atom. The number of hydrogen-bond acceptors (Lipinski definition) is 4. The molecule has 2 rings (SSSR count). The maximum Gasteiger partial charge on any atom is 0.271 e. The molecule has 1 aromatic carbocycles. The maximum absolute atomic E-state index is 12.0. The SMILES string of the molecule is CCc1ccccc1Nc1cnc(C(=O)NC(C)(C)C)cn1. The lowest BCUT2D eigenvalue weighted by atomic mass is 10.1. The first-order valence-electron chi connectivity index (χ1n) is 7.38. The highest BCUT2D eigenvalue weighted by Crippen LogP contribution is 2.19. The van der Waals surface area contributed by atoms with Crippen molar-refractivity contribution in [2.45, 2.75) is 39.7 Å². The van der Waals surface area contributed by atoms with E-state index in [1.54, 1.807) is 6.20 Å². The molecule has 0 radical (unpaired) electrons. The molecular weight excluding hydrogens is 276 g/mol. The number of amides is 1. The lowest BCUT2D eigenvalue weighted by molar-refractivity contribution is 0.0914. The van der Waals surface area contributed by atoms with E-state index in [1.807, 2.05) is 39.0 Å². The van der Waals surface area contributed by atoms with Gasteiger partial charge < -0.3 is 10.6 Å². The fourth-order valence-corrected chi connectivity index (χ4v) is 2.00. The highest BCUT2D eigenvalue weighted by molar-refractivity contribution is 5.92. The number of rotatable bonds is 4. The van der Waals surface area contributed by atoms with Crippen molar-refractivity contribution in [2.75, 3.05) is 5.32 Å². The highest BCUT2D eigenvalue weighted by Gasteiger charge is 2.16. The van der Waals surface area contributed by atoms with Gasteiger partial charge in [-0.1, -0.05) is 25.1 Å². The third kappa shape index (κ3) is 4.28. The minimum atomic E-state index is -0.296. The molecule has 2 aromatic rings. The molecule has 22 heavy (non-hydrogen) atoms. The standard InChI is InChI=1S/C17H22N4O/c1-5-12-8-6-7-9-13(12)20-15-11-18-14(10-19-15)16(22)21-17(2,3)4/h6-11H,5H2,1-4H3,(H,19,20)(H,21,22). The highest BCUT2D eigenvalue weighted by atomic mass is 16.2. The Morgan fingerprint density at radius 1 is 1.14 bits per heavy atom. The van der Waals surface area contributed by atoms with Crippen LogP contribution in [0.3, 0.4) is 0 Å². The number of carbonyl (C=O) groups is 1. The third-order valence-corrected chi connectivity index (χ3v) is 3.03. The number of anilines is 2. The second-order valence-corrected chi connectivity index (χ2v) is 6.13. The van der Waals surface area contributed by atoms with Crippen LogP contribution in [0.25, 0.3) is 0 Å². The number of para-hydroxylation sites is 1. The minimum Gasteiger partial charge on any atom is -0.346 e. The van der Waals surface area contributed by atoms with E-state index in [0.29, 0.717) is 11.5 Å². The van der Waals surface area contributed by atoms with Gasteiger partial charge >= 0.3 is 0 Å². The molecule has 0 fully saturated rings. The third-order valence-electron chi connectivity index (χ3n) is 3.03. The Labute approximate surface area is 131 Å². The molecule has 0 aliphatic rings. The molecule has 5 heteroatoms. The van der Waals surface area contributed by atoms with Crippen LogP contribution >= 0.6 is 0 Å². The van der Waals surface area contributed by atoms with Crippen molar-refractivity contribution in [3.05, 3.63) is 47.9 Å². The van der Waals surface area contributed by atoms with Crippen molar-refractivity contribution in [1.29, 1.82) is 0 Å². The summed E-state index contributed by atoms with van der Waals surface area (Å²) >= 11 is 0. The van der Waals surface area contributed by atoms with Crippen LogP contribution in [0.15, 0.2) is 36.7 Å². The largest absolute Gasteiger partial charge is 0.346 e. The summed E-state index contributed by atoms with van der Waals surface area (Å²) in [6.45, 7) is 7.88. The molecule has 0 aliphatic heterocycles. The van der Waals surface area contributed by atoms with Crippen molar-refractivity contribution < 1.29 is 4.79 Å². The normalized spacial score (nSPS) is 11.1. The Hall–Kier alpha value is -2.43. The number of nitrogens with one attached hydrogen (secondary N) is 2. The first kappa shape index (κ1) is 15.9. The number of carbonyl (C=O) groups excluding carboxylic acids is 1. The quantitative estimate of drug-likeness (QED) is 0.908. The Balaban J connectivity index is 2.11. The summed E-state index contributed by atoms with van der Waals surface area (Å²) in [6, 6.07) is 8.05. The van der Waals surface area contributed by atoms with Crippen LogP contribution in [0.1, 0.15) is 43.7 Å². The summed E-state index contributed by atoms with van der Waals surface area (Å²) in [5.41, 5.74) is 2.23. The van der Waals surface area contributed by atoms with Crippen molar-refractivity contribution in [3.63, 3.8) is 0 Å². The Morgan fingerprint density at radius 3 is 2.45 bits per heavy atom. The Bertz CT molecular complexity index is 644. The van der Waals surface area contributed by atoms with Crippen LogP contribution in [0, 0.1) is 0 Å². The fourth-order valence-electron chi connectivity index (χ4n) is 2.00. The average Bonchev–Trinajstić information content (AvgIpc) is 2.47. The second kappa shape index (κ2) is 6.56. The van der Waals surface area contributed by atoms with Crippen molar-refractivity contribution in [1.82, 2.24) is 15.3 Å². The first-order chi connectivity index (χ1) is 10.4. The molecule has 2 N–H and O–H groups in total. The van der Waals surface area contributed by atoms with Gasteiger partial charge in [0.2, 0.25) is 0 Å². The lowest BCUT2D eigenvalue weighted by Gasteiger charge is -2.20. The molecule has 1 heterocycles. The van der Waals surface area contributed by atoms with Gasteiger partial charge in [0, 0.05) is 11.2 Å². The van der Waals surface area contributed by atoms with Gasteiger partial charge in [0.1, 0.15) is 11.5 Å². The number of aromatic nitrogens is 2. The van der Waals surface area contributed by atoms with E-state index >= 15 is 0 Å². The summed E-state index contributed by atoms with van der Waals surface area (Å²) in [6.07, 6.45) is 3.99. The van der Waals surface area contributed by atoms with Crippen molar-refractivity contribution in [2.24, 2.45) is 0 Å². The van der Waals surface area contributed by atoms with E-state index in [0.717, 1.165) is 12.1 Å². The summed E-state index contributed by atoms with van der Waals surface area (Å²) in [4.78, 5) is 20.4. The van der Waals surface area contributed by atoms with E-state index in [-0.39, 0.29) is 11.4 Å². The summed E-state index contributed by atoms with van der Waals surface area (Å²) < 4.78 is 0. The van der Waals surface area contributed by atoms with Crippen LogP contribution in [0.2, 0.25) is 0 Å². The van der Waals surface area contributed by atoms with E-state index in [1.165, 1.54) is 11.8 Å². The van der Waals surface area contributed by atoms with E-state index < -0.39 is 0 Å². The fraction of sp³-hybridized carbons (Fsp3) is 0.353. The summed E-state index contributed by atoms with van der Waals surface area (Å²) in [7, 11) is 0. The van der Waals surface area contributed by atoms with Crippen LogP contribution in [-0.2, 0) is 6.42 Å². The van der Waals surface area contributed by atoms with Crippen molar-refractivity contribution >= 4 is 17.4 Å². The zero-order valence-electron chi connectivity index (χ0n) is 13.5. The molecule has 0 spiro atoms.